The Morgan fingerprint density at radius 1 is 1.55 bits per heavy atom. The summed E-state index contributed by atoms with van der Waals surface area (Å²) in [5, 5.41) is 0. The summed E-state index contributed by atoms with van der Waals surface area (Å²) in [5.74, 6) is 0.848. The number of rotatable bonds is 1. The largest absolute Gasteiger partial charge is 0.301 e. The molecule has 1 fully saturated rings. The van der Waals surface area contributed by atoms with Crippen LogP contribution in [-0.2, 0) is 10.8 Å². The van der Waals surface area contributed by atoms with E-state index in [4.69, 9.17) is 0 Å². The van der Waals surface area contributed by atoms with E-state index in [9.17, 15) is 4.21 Å². The predicted molar refractivity (Wildman–Crippen MR) is 49.2 cm³/mol. The highest BCUT2D eigenvalue weighted by Crippen LogP contribution is 2.19. The molecule has 1 heterocycles. The Bertz CT molecular complexity index is 167. The standard InChI is InChI=1S/C8H17NOS/c1-4-9-5-6-11(10)8(2,3)7-9/h4-7H2,1-3H3. The molecule has 0 aromatic rings. The van der Waals surface area contributed by atoms with Crippen molar-refractivity contribution in [3.63, 3.8) is 0 Å². The molecular weight excluding hydrogens is 158 g/mol. The molecule has 3 heteroatoms. The lowest BCUT2D eigenvalue weighted by molar-refractivity contribution is 0.268. The molecular formula is C8H17NOS. The molecule has 0 radical (unpaired) electrons. The second kappa shape index (κ2) is 3.23. The smallest absolute Gasteiger partial charge is 0.0530 e. The molecule has 0 spiro atoms. The molecule has 0 aromatic carbocycles. The van der Waals surface area contributed by atoms with E-state index in [0.29, 0.717) is 0 Å². The normalized spacial score (nSPS) is 32.1. The zero-order valence-electron chi connectivity index (χ0n) is 7.59. The lowest BCUT2D eigenvalue weighted by Crippen LogP contribution is -2.49. The summed E-state index contributed by atoms with van der Waals surface area (Å²) in [6, 6.07) is 0. The van der Waals surface area contributed by atoms with E-state index in [1.807, 2.05) is 0 Å². The molecule has 0 saturated carbocycles. The van der Waals surface area contributed by atoms with Gasteiger partial charge in [0.05, 0.1) is 4.75 Å². The topological polar surface area (TPSA) is 20.3 Å². The van der Waals surface area contributed by atoms with E-state index >= 15 is 0 Å². The average Bonchev–Trinajstić information content (AvgIpc) is 1.95. The fourth-order valence-corrected chi connectivity index (χ4v) is 2.75. The second-order valence-electron chi connectivity index (χ2n) is 3.68. The maximum atomic E-state index is 11.5. The Morgan fingerprint density at radius 2 is 2.18 bits per heavy atom. The molecule has 1 aliphatic heterocycles. The molecule has 11 heavy (non-hydrogen) atoms. The Hall–Kier alpha value is 0.110. The van der Waals surface area contributed by atoms with E-state index < -0.39 is 10.8 Å². The molecule has 2 nitrogen and oxygen atoms in total. The highest BCUT2D eigenvalue weighted by atomic mass is 32.2. The van der Waals surface area contributed by atoms with Gasteiger partial charge in [0.15, 0.2) is 0 Å². The minimum Gasteiger partial charge on any atom is -0.301 e. The van der Waals surface area contributed by atoms with Crippen LogP contribution in [0.15, 0.2) is 0 Å². The number of nitrogens with zero attached hydrogens (tertiary/aromatic N) is 1. The van der Waals surface area contributed by atoms with Crippen molar-refractivity contribution in [1.82, 2.24) is 4.90 Å². The number of hydrogen-bond donors (Lipinski definition) is 0. The summed E-state index contributed by atoms with van der Waals surface area (Å²) in [4.78, 5) is 2.36. The summed E-state index contributed by atoms with van der Waals surface area (Å²) in [6.07, 6.45) is 0. The van der Waals surface area contributed by atoms with Gasteiger partial charge in [0, 0.05) is 29.6 Å². The maximum Gasteiger partial charge on any atom is 0.0530 e. The molecule has 1 rings (SSSR count). The molecule has 66 valence electrons. The fourth-order valence-electron chi connectivity index (χ4n) is 1.45. The van der Waals surface area contributed by atoms with Gasteiger partial charge in [-0.15, -0.1) is 0 Å². The average molecular weight is 175 g/mol. The van der Waals surface area contributed by atoms with Crippen LogP contribution < -0.4 is 0 Å². The van der Waals surface area contributed by atoms with Crippen LogP contribution >= 0.6 is 0 Å². The first-order chi connectivity index (χ1) is 5.06. The van der Waals surface area contributed by atoms with Crippen molar-refractivity contribution in [3.8, 4) is 0 Å². The minimum absolute atomic E-state index is 0.00819. The molecule has 1 aliphatic rings. The first-order valence-corrected chi connectivity index (χ1v) is 5.49. The van der Waals surface area contributed by atoms with E-state index in [-0.39, 0.29) is 4.75 Å². The van der Waals surface area contributed by atoms with Gasteiger partial charge in [0.1, 0.15) is 0 Å². The van der Waals surface area contributed by atoms with Gasteiger partial charge in [0.2, 0.25) is 0 Å². The summed E-state index contributed by atoms with van der Waals surface area (Å²) in [6.45, 7) is 9.41. The van der Waals surface area contributed by atoms with Gasteiger partial charge in [-0.3, -0.25) is 4.21 Å². The van der Waals surface area contributed by atoms with Crippen molar-refractivity contribution in [1.29, 1.82) is 0 Å². The van der Waals surface area contributed by atoms with Gasteiger partial charge in [-0.05, 0) is 20.4 Å². The van der Waals surface area contributed by atoms with Gasteiger partial charge < -0.3 is 4.90 Å². The maximum absolute atomic E-state index is 11.5. The van der Waals surface area contributed by atoms with Crippen LogP contribution in [0, 0.1) is 0 Å². The van der Waals surface area contributed by atoms with E-state index in [2.05, 4.69) is 25.7 Å². The predicted octanol–water partition coefficient (Wildman–Crippen LogP) is 0.849. The molecule has 0 aliphatic carbocycles. The second-order valence-corrected chi connectivity index (χ2v) is 5.88. The first-order valence-electron chi connectivity index (χ1n) is 4.17. The quantitative estimate of drug-likeness (QED) is 0.589. The molecule has 1 unspecified atom stereocenters. The van der Waals surface area contributed by atoms with Crippen molar-refractivity contribution in [3.05, 3.63) is 0 Å². The van der Waals surface area contributed by atoms with Crippen LogP contribution in [0.25, 0.3) is 0 Å². The van der Waals surface area contributed by atoms with Crippen molar-refractivity contribution >= 4 is 10.8 Å². The SMILES string of the molecule is CCN1CCS(=O)C(C)(C)C1. The summed E-state index contributed by atoms with van der Waals surface area (Å²) >= 11 is 0. The van der Waals surface area contributed by atoms with Crippen LogP contribution in [0.2, 0.25) is 0 Å². The van der Waals surface area contributed by atoms with Gasteiger partial charge >= 0.3 is 0 Å². The fraction of sp³-hybridized carbons (Fsp3) is 1.00. The highest BCUT2D eigenvalue weighted by molar-refractivity contribution is 7.86. The molecule has 0 N–H and O–H groups in total. The van der Waals surface area contributed by atoms with E-state index in [1.54, 1.807) is 0 Å². The van der Waals surface area contributed by atoms with Gasteiger partial charge in [-0.2, -0.15) is 0 Å². The van der Waals surface area contributed by atoms with Gasteiger partial charge in [-0.25, -0.2) is 0 Å². The monoisotopic (exact) mass is 175 g/mol. The highest BCUT2D eigenvalue weighted by Gasteiger charge is 2.32. The first kappa shape index (κ1) is 9.20. The van der Waals surface area contributed by atoms with Gasteiger partial charge in [-0.1, -0.05) is 6.92 Å². The molecule has 0 amide bonds. The third kappa shape index (κ3) is 2.03. The van der Waals surface area contributed by atoms with Crippen LogP contribution in [0.1, 0.15) is 20.8 Å². The molecule has 1 atom stereocenters. The summed E-state index contributed by atoms with van der Waals surface area (Å²) in [5.41, 5.74) is 0. The molecule has 0 aromatic heterocycles. The Kier molecular flexibility index (Phi) is 2.70. The third-order valence-electron chi connectivity index (χ3n) is 2.26. The van der Waals surface area contributed by atoms with Crippen LogP contribution in [0.4, 0.5) is 0 Å². The minimum atomic E-state index is -0.615. The number of hydrogen-bond acceptors (Lipinski definition) is 2. The van der Waals surface area contributed by atoms with Crippen LogP contribution in [-0.4, -0.2) is 39.2 Å². The van der Waals surface area contributed by atoms with Crippen molar-refractivity contribution in [2.24, 2.45) is 0 Å². The van der Waals surface area contributed by atoms with Crippen LogP contribution in [0.3, 0.4) is 0 Å². The van der Waals surface area contributed by atoms with E-state index in [0.717, 1.165) is 25.4 Å². The van der Waals surface area contributed by atoms with Crippen molar-refractivity contribution in [2.45, 2.75) is 25.5 Å². The molecule has 1 saturated heterocycles. The zero-order valence-corrected chi connectivity index (χ0v) is 8.41. The lowest BCUT2D eigenvalue weighted by atomic mass is 10.2. The van der Waals surface area contributed by atoms with Gasteiger partial charge in [0.25, 0.3) is 0 Å². The third-order valence-corrected chi connectivity index (χ3v) is 4.18. The Balaban J connectivity index is 2.59. The molecule has 0 bridgehead atoms. The zero-order chi connectivity index (χ0) is 8.48. The summed E-state index contributed by atoms with van der Waals surface area (Å²) < 4.78 is 11.5. The van der Waals surface area contributed by atoms with Crippen molar-refractivity contribution in [2.75, 3.05) is 25.4 Å². The Morgan fingerprint density at radius 3 is 2.64 bits per heavy atom. The van der Waals surface area contributed by atoms with E-state index in [1.165, 1.54) is 0 Å². The lowest BCUT2D eigenvalue weighted by Gasteiger charge is -2.36. The Labute approximate surface area is 71.4 Å². The summed E-state index contributed by atoms with van der Waals surface area (Å²) in [7, 11) is -0.615. The van der Waals surface area contributed by atoms with Crippen LogP contribution in [0.5, 0.6) is 0 Å². The van der Waals surface area contributed by atoms with Crippen molar-refractivity contribution < 1.29 is 4.21 Å².